The molecule has 2 aromatic carbocycles. The number of halogens is 1. The van der Waals surface area contributed by atoms with Crippen molar-refractivity contribution in [3.63, 3.8) is 0 Å². The predicted octanol–water partition coefficient (Wildman–Crippen LogP) is 4.34. The van der Waals surface area contributed by atoms with Crippen molar-refractivity contribution < 1.29 is 4.79 Å². The zero-order chi connectivity index (χ0) is 23.5. The number of nitrogens with two attached hydrogens (primary N) is 1. The molecule has 0 spiro atoms. The molecular weight excluding hydrogens is 561 g/mol. The number of nitrogens with one attached hydrogen (secondary N) is 2. The van der Waals surface area contributed by atoms with Crippen molar-refractivity contribution in [3.05, 3.63) is 63.2 Å². The van der Waals surface area contributed by atoms with E-state index in [2.05, 4.69) is 66.4 Å². The Morgan fingerprint density at radius 2 is 2.12 bits per heavy atom. The molecule has 0 aliphatic carbocycles. The molecule has 2 aromatic heterocycles. The number of fused-ring (bicyclic) bond motifs is 1. The van der Waals surface area contributed by atoms with E-state index in [0.29, 0.717) is 18.2 Å². The Kier molecular flexibility index (Phi) is 6.77. The van der Waals surface area contributed by atoms with E-state index < -0.39 is 0 Å². The van der Waals surface area contributed by atoms with Gasteiger partial charge in [0.15, 0.2) is 0 Å². The first-order valence-electron chi connectivity index (χ1n) is 11.1. The molecule has 5 rings (SSSR count). The fraction of sp³-hybridized carbons (Fsp3) is 0.250. The number of amides is 1. The number of hydrogen-bond donors (Lipinski definition) is 3. The van der Waals surface area contributed by atoms with Crippen molar-refractivity contribution in [2.45, 2.75) is 25.3 Å². The molecule has 1 aliphatic heterocycles. The summed E-state index contributed by atoms with van der Waals surface area (Å²) in [6.45, 7) is 1.35. The second-order valence-corrected chi connectivity index (χ2v) is 10.3. The average Bonchev–Trinajstić information content (AvgIpc) is 3.48. The molecule has 1 saturated heterocycles. The van der Waals surface area contributed by atoms with E-state index in [4.69, 9.17) is 5.73 Å². The van der Waals surface area contributed by atoms with Gasteiger partial charge in [0.25, 0.3) is 0 Å². The predicted molar refractivity (Wildman–Crippen MR) is 146 cm³/mol. The normalized spacial score (nSPS) is 15.6. The number of aromatic nitrogens is 3. The molecule has 0 saturated carbocycles. The van der Waals surface area contributed by atoms with Gasteiger partial charge in [0, 0.05) is 28.4 Å². The number of nitrogens with zero attached hydrogens (tertiary/aromatic N) is 4. The highest BCUT2D eigenvalue weighted by Gasteiger charge is 2.32. The summed E-state index contributed by atoms with van der Waals surface area (Å²) in [7, 11) is 0. The van der Waals surface area contributed by atoms with Crippen LogP contribution >= 0.6 is 33.9 Å². The molecule has 1 fully saturated rings. The maximum absolute atomic E-state index is 13.0. The first-order valence-corrected chi connectivity index (χ1v) is 13.0. The summed E-state index contributed by atoms with van der Waals surface area (Å²) in [5, 5.41) is 6.41. The lowest BCUT2D eigenvalue weighted by molar-refractivity contribution is -0.122. The van der Waals surface area contributed by atoms with Gasteiger partial charge in [-0.1, -0.05) is 12.1 Å². The molecule has 174 valence electrons. The summed E-state index contributed by atoms with van der Waals surface area (Å²) in [5.74, 6) is 1.44. The van der Waals surface area contributed by atoms with Crippen molar-refractivity contribution in [2.75, 3.05) is 29.0 Å². The third kappa shape index (κ3) is 5.22. The number of hydrogen-bond acceptors (Lipinski definition) is 8. The van der Waals surface area contributed by atoms with E-state index in [1.54, 1.807) is 11.3 Å². The molecular formula is C24H24IN7OS. The average molecular weight is 585 g/mol. The van der Waals surface area contributed by atoms with Gasteiger partial charge in [0.2, 0.25) is 11.9 Å². The van der Waals surface area contributed by atoms with Crippen LogP contribution < -0.4 is 21.3 Å². The number of anilines is 4. The first kappa shape index (κ1) is 22.8. The van der Waals surface area contributed by atoms with Crippen LogP contribution in [0.1, 0.15) is 18.4 Å². The SMILES string of the molecule is Nc1nc(Nc2ccc3ncsc3c2)cc(N2CCC[C@H]2C(=O)NCCc2cccc(I)c2)n1. The van der Waals surface area contributed by atoms with Crippen LogP contribution in [0, 0.1) is 3.57 Å². The van der Waals surface area contributed by atoms with E-state index in [9.17, 15) is 4.79 Å². The van der Waals surface area contributed by atoms with Crippen molar-refractivity contribution in [1.29, 1.82) is 0 Å². The summed E-state index contributed by atoms with van der Waals surface area (Å²) >= 11 is 3.89. The number of carbonyl (C=O) groups excluding carboxylic acids is 1. The Morgan fingerprint density at radius 1 is 1.21 bits per heavy atom. The van der Waals surface area contributed by atoms with Crippen LogP contribution in [-0.4, -0.2) is 40.0 Å². The van der Waals surface area contributed by atoms with Gasteiger partial charge in [-0.2, -0.15) is 9.97 Å². The van der Waals surface area contributed by atoms with E-state index in [0.717, 1.165) is 41.7 Å². The molecule has 8 nitrogen and oxygen atoms in total. The van der Waals surface area contributed by atoms with Crippen LogP contribution in [0.3, 0.4) is 0 Å². The number of carbonyl (C=O) groups is 1. The maximum atomic E-state index is 13.0. The van der Waals surface area contributed by atoms with Crippen LogP contribution in [0.2, 0.25) is 0 Å². The summed E-state index contributed by atoms with van der Waals surface area (Å²) < 4.78 is 2.29. The van der Waals surface area contributed by atoms with Crippen molar-refractivity contribution in [2.24, 2.45) is 0 Å². The lowest BCUT2D eigenvalue weighted by atomic mass is 10.1. The lowest BCUT2D eigenvalue weighted by Crippen LogP contribution is -2.44. The maximum Gasteiger partial charge on any atom is 0.242 e. The number of rotatable bonds is 7. The van der Waals surface area contributed by atoms with Crippen LogP contribution in [0.15, 0.2) is 54.0 Å². The monoisotopic (exact) mass is 585 g/mol. The highest BCUT2D eigenvalue weighted by atomic mass is 127. The van der Waals surface area contributed by atoms with Gasteiger partial charge in [-0.25, -0.2) is 4.98 Å². The topological polar surface area (TPSA) is 109 Å². The van der Waals surface area contributed by atoms with E-state index in [1.165, 1.54) is 9.13 Å². The number of benzene rings is 2. The van der Waals surface area contributed by atoms with E-state index >= 15 is 0 Å². The van der Waals surface area contributed by atoms with Gasteiger partial charge < -0.3 is 21.3 Å². The molecule has 0 radical (unpaired) electrons. The largest absolute Gasteiger partial charge is 0.368 e. The molecule has 4 aromatic rings. The zero-order valence-electron chi connectivity index (χ0n) is 18.4. The molecule has 3 heterocycles. The molecule has 34 heavy (non-hydrogen) atoms. The Balaban J connectivity index is 1.27. The minimum Gasteiger partial charge on any atom is -0.368 e. The fourth-order valence-electron chi connectivity index (χ4n) is 4.20. The van der Waals surface area contributed by atoms with Crippen molar-refractivity contribution >= 4 is 73.3 Å². The molecule has 0 unspecified atom stereocenters. The number of nitrogen functional groups attached to an aromatic ring is 1. The molecule has 10 heteroatoms. The van der Waals surface area contributed by atoms with Crippen LogP contribution in [0.5, 0.6) is 0 Å². The number of thiazole rings is 1. The summed E-state index contributed by atoms with van der Waals surface area (Å²) in [5.41, 5.74) is 10.9. The minimum absolute atomic E-state index is 0.0190. The smallest absolute Gasteiger partial charge is 0.242 e. The second-order valence-electron chi connectivity index (χ2n) is 8.15. The van der Waals surface area contributed by atoms with E-state index in [-0.39, 0.29) is 17.9 Å². The Morgan fingerprint density at radius 3 is 3.00 bits per heavy atom. The quantitative estimate of drug-likeness (QED) is 0.277. The van der Waals surface area contributed by atoms with Gasteiger partial charge in [0.05, 0.1) is 15.7 Å². The summed E-state index contributed by atoms with van der Waals surface area (Å²) in [6, 6.07) is 15.9. The third-order valence-electron chi connectivity index (χ3n) is 5.79. The van der Waals surface area contributed by atoms with Gasteiger partial charge in [-0.15, -0.1) is 11.3 Å². The van der Waals surface area contributed by atoms with Crippen molar-refractivity contribution in [1.82, 2.24) is 20.3 Å². The van der Waals surface area contributed by atoms with Gasteiger partial charge in [-0.05, 0) is 77.7 Å². The molecule has 4 N–H and O–H groups in total. The Hall–Kier alpha value is -2.99. The summed E-state index contributed by atoms with van der Waals surface area (Å²) in [4.78, 5) is 28.1. The molecule has 0 bridgehead atoms. The van der Waals surface area contributed by atoms with Crippen LogP contribution in [0.4, 0.5) is 23.3 Å². The molecule has 1 atom stereocenters. The van der Waals surface area contributed by atoms with Gasteiger partial charge >= 0.3 is 0 Å². The van der Waals surface area contributed by atoms with E-state index in [1.807, 2.05) is 40.7 Å². The second kappa shape index (κ2) is 10.1. The van der Waals surface area contributed by atoms with Crippen molar-refractivity contribution in [3.8, 4) is 0 Å². The standard InChI is InChI=1S/C24H24IN7OS/c25-16-4-1-3-15(11-16)8-9-27-23(33)19-5-2-10-32(19)22-13-21(30-24(26)31-22)29-17-6-7-18-20(12-17)34-14-28-18/h1,3-4,6-7,11-14,19H,2,5,8-10H2,(H,27,33)(H3,26,29,30,31)/t19-/m0/s1. The van der Waals surface area contributed by atoms with Gasteiger partial charge in [-0.3, -0.25) is 4.79 Å². The Bertz CT molecular complexity index is 1330. The third-order valence-corrected chi connectivity index (χ3v) is 7.25. The molecule has 1 amide bonds. The summed E-state index contributed by atoms with van der Waals surface area (Å²) in [6.07, 6.45) is 2.50. The minimum atomic E-state index is -0.272. The fourth-order valence-corrected chi connectivity index (χ4v) is 5.52. The van der Waals surface area contributed by atoms with Gasteiger partial charge in [0.1, 0.15) is 17.7 Å². The van der Waals surface area contributed by atoms with Crippen LogP contribution in [0.25, 0.3) is 10.2 Å². The highest BCUT2D eigenvalue weighted by Crippen LogP contribution is 2.29. The highest BCUT2D eigenvalue weighted by molar-refractivity contribution is 14.1. The first-order chi connectivity index (χ1) is 16.5. The molecule has 1 aliphatic rings. The lowest BCUT2D eigenvalue weighted by Gasteiger charge is -2.25. The zero-order valence-corrected chi connectivity index (χ0v) is 21.3. The van der Waals surface area contributed by atoms with Crippen LogP contribution in [-0.2, 0) is 11.2 Å². The Labute approximate surface area is 215 Å².